The van der Waals surface area contributed by atoms with Gasteiger partial charge >= 0.3 is 0 Å². The Kier molecular flexibility index (Phi) is 6.49. The zero-order chi connectivity index (χ0) is 19.9. The van der Waals surface area contributed by atoms with E-state index in [1.54, 1.807) is 0 Å². The SMILES string of the molecule is CCc1ccc(C(CNC(=O)Cn2nnc(-c3ccccc3)n2)N(C)C)cc1. The van der Waals surface area contributed by atoms with Crippen LogP contribution in [0, 0.1) is 0 Å². The molecule has 0 aliphatic carbocycles. The van der Waals surface area contributed by atoms with E-state index in [0.717, 1.165) is 12.0 Å². The lowest BCUT2D eigenvalue weighted by Crippen LogP contribution is -2.36. The van der Waals surface area contributed by atoms with Crippen molar-refractivity contribution in [1.82, 2.24) is 30.4 Å². The predicted octanol–water partition coefficient (Wildman–Crippen LogP) is 2.32. The molecule has 1 heterocycles. The van der Waals surface area contributed by atoms with E-state index in [2.05, 4.69) is 56.8 Å². The van der Waals surface area contributed by atoms with Crippen molar-refractivity contribution in [3.05, 3.63) is 65.7 Å². The second-order valence-electron chi connectivity index (χ2n) is 6.89. The smallest absolute Gasteiger partial charge is 0.243 e. The first-order valence-electron chi connectivity index (χ1n) is 9.42. The van der Waals surface area contributed by atoms with E-state index in [1.807, 2.05) is 44.4 Å². The maximum Gasteiger partial charge on any atom is 0.243 e. The van der Waals surface area contributed by atoms with Crippen LogP contribution in [0.4, 0.5) is 0 Å². The average molecular weight is 378 g/mol. The number of rotatable bonds is 8. The predicted molar refractivity (Wildman–Crippen MR) is 109 cm³/mol. The quantitative estimate of drug-likeness (QED) is 0.651. The maximum atomic E-state index is 12.4. The highest BCUT2D eigenvalue weighted by Crippen LogP contribution is 2.18. The number of carbonyl (C=O) groups excluding carboxylic acids is 1. The van der Waals surface area contributed by atoms with Crippen molar-refractivity contribution in [2.45, 2.75) is 25.9 Å². The largest absolute Gasteiger partial charge is 0.353 e. The van der Waals surface area contributed by atoms with E-state index in [-0.39, 0.29) is 18.5 Å². The van der Waals surface area contributed by atoms with Crippen molar-refractivity contribution >= 4 is 5.91 Å². The Bertz CT molecular complexity index is 889. The van der Waals surface area contributed by atoms with Gasteiger partial charge in [0, 0.05) is 12.1 Å². The summed E-state index contributed by atoms with van der Waals surface area (Å²) in [6.45, 7) is 2.69. The molecule has 0 radical (unpaired) electrons. The maximum absolute atomic E-state index is 12.4. The highest BCUT2D eigenvalue weighted by atomic mass is 16.2. The lowest BCUT2D eigenvalue weighted by molar-refractivity contribution is -0.122. The van der Waals surface area contributed by atoms with Gasteiger partial charge in [0.05, 0.1) is 6.04 Å². The monoisotopic (exact) mass is 378 g/mol. The summed E-state index contributed by atoms with van der Waals surface area (Å²) in [7, 11) is 4.02. The Balaban J connectivity index is 1.58. The van der Waals surface area contributed by atoms with Crippen LogP contribution >= 0.6 is 0 Å². The van der Waals surface area contributed by atoms with Gasteiger partial charge in [-0.05, 0) is 36.9 Å². The lowest BCUT2D eigenvalue weighted by Gasteiger charge is -2.25. The molecule has 28 heavy (non-hydrogen) atoms. The standard InChI is InChI=1S/C21H26N6O/c1-4-16-10-12-17(13-11-16)19(26(2)3)14-22-20(28)15-27-24-21(23-25-27)18-8-6-5-7-9-18/h5-13,19H,4,14-15H2,1-3H3,(H,22,28). The first-order chi connectivity index (χ1) is 13.6. The minimum atomic E-state index is -0.144. The molecule has 146 valence electrons. The topological polar surface area (TPSA) is 75.9 Å². The summed E-state index contributed by atoms with van der Waals surface area (Å²) >= 11 is 0. The van der Waals surface area contributed by atoms with Crippen molar-refractivity contribution in [2.24, 2.45) is 0 Å². The fourth-order valence-electron chi connectivity index (χ4n) is 2.98. The molecule has 0 aliphatic heterocycles. The Morgan fingerprint density at radius 3 is 2.46 bits per heavy atom. The Morgan fingerprint density at radius 1 is 1.11 bits per heavy atom. The second-order valence-corrected chi connectivity index (χ2v) is 6.89. The summed E-state index contributed by atoms with van der Waals surface area (Å²) in [5, 5.41) is 15.3. The first kappa shape index (κ1) is 19.7. The molecular weight excluding hydrogens is 352 g/mol. The summed E-state index contributed by atoms with van der Waals surface area (Å²) in [6.07, 6.45) is 1.01. The van der Waals surface area contributed by atoms with Crippen LogP contribution in [0.15, 0.2) is 54.6 Å². The zero-order valence-corrected chi connectivity index (χ0v) is 16.5. The minimum Gasteiger partial charge on any atom is -0.353 e. The van der Waals surface area contributed by atoms with Crippen LogP contribution < -0.4 is 5.32 Å². The summed E-state index contributed by atoms with van der Waals surface area (Å²) in [6, 6.07) is 18.2. The number of tetrazole rings is 1. The van der Waals surface area contributed by atoms with Gasteiger partial charge in [0.1, 0.15) is 6.54 Å². The summed E-state index contributed by atoms with van der Waals surface area (Å²) in [4.78, 5) is 15.8. The molecule has 3 rings (SSSR count). The highest BCUT2D eigenvalue weighted by molar-refractivity contribution is 5.75. The molecule has 1 N–H and O–H groups in total. The summed E-state index contributed by atoms with van der Waals surface area (Å²) in [5.74, 6) is 0.365. The molecule has 1 atom stereocenters. The number of nitrogens with one attached hydrogen (secondary N) is 1. The zero-order valence-electron chi connectivity index (χ0n) is 16.5. The number of benzene rings is 2. The van der Waals surface area contributed by atoms with Crippen LogP contribution in [0.2, 0.25) is 0 Å². The lowest BCUT2D eigenvalue weighted by atomic mass is 10.0. The van der Waals surface area contributed by atoms with E-state index in [4.69, 9.17) is 0 Å². The third-order valence-electron chi connectivity index (χ3n) is 4.66. The third-order valence-corrected chi connectivity index (χ3v) is 4.66. The molecule has 0 bridgehead atoms. The number of hydrogen-bond donors (Lipinski definition) is 1. The second kappa shape index (κ2) is 9.23. The molecule has 3 aromatic rings. The molecule has 7 nitrogen and oxygen atoms in total. The van der Waals surface area contributed by atoms with Gasteiger partial charge in [-0.25, -0.2) is 0 Å². The van der Waals surface area contributed by atoms with Crippen LogP contribution in [0.5, 0.6) is 0 Å². The molecule has 0 saturated heterocycles. The molecule has 1 aromatic heterocycles. The summed E-state index contributed by atoms with van der Waals surface area (Å²) in [5.41, 5.74) is 3.35. The Morgan fingerprint density at radius 2 is 1.82 bits per heavy atom. The molecule has 2 aromatic carbocycles. The van der Waals surface area contributed by atoms with Gasteiger partial charge < -0.3 is 10.2 Å². The van der Waals surface area contributed by atoms with E-state index in [0.29, 0.717) is 12.4 Å². The van der Waals surface area contributed by atoms with Crippen molar-refractivity contribution in [2.75, 3.05) is 20.6 Å². The van der Waals surface area contributed by atoms with E-state index in [1.165, 1.54) is 15.9 Å². The first-order valence-corrected chi connectivity index (χ1v) is 9.42. The van der Waals surface area contributed by atoms with Crippen LogP contribution in [-0.4, -0.2) is 51.7 Å². The van der Waals surface area contributed by atoms with E-state index in [9.17, 15) is 4.79 Å². The number of likely N-dealkylation sites (N-methyl/N-ethyl adjacent to an activating group) is 1. The number of nitrogens with zero attached hydrogens (tertiary/aromatic N) is 5. The molecule has 1 amide bonds. The number of hydrogen-bond acceptors (Lipinski definition) is 5. The fourth-order valence-corrected chi connectivity index (χ4v) is 2.98. The molecule has 0 aliphatic rings. The van der Waals surface area contributed by atoms with E-state index >= 15 is 0 Å². The minimum absolute atomic E-state index is 0.0365. The van der Waals surface area contributed by atoms with Gasteiger partial charge in [0.15, 0.2) is 0 Å². The summed E-state index contributed by atoms with van der Waals surface area (Å²) < 4.78 is 0. The number of amides is 1. The van der Waals surface area contributed by atoms with Gasteiger partial charge in [0.25, 0.3) is 0 Å². The highest BCUT2D eigenvalue weighted by Gasteiger charge is 2.16. The van der Waals surface area contributed by atoms with Gasteiger partial charge in [0.2, 0.25) is 11.7 Å². The molecule has 0 fully saturated rings. The van der Waals surface area contributed by atoms with Gasteiger partial charge in [-0.1, -0.05) is 61.5 Å². The van der Waals surface area contributed by atoms with Crippen LogP contribution in [0.1, 0.15) is 24.1 Å². The normalized spacial score (nSPS) is 12.1. The van der Waals surface area contributed by atoms with Gasteiger partial charge in [-0.3, -0.25) is 4.79 Å². The van der Waals surface area contributed by atoms with Crippen LogP contribution in [-0.2, 0) is 17.8 Å². The Labute approximate surface area is 165 Å². The number of carbonyl (C=O) groups is 1. The fraction of sp³-hybridized carbons (Fsp3) is 0.333. The third kappa shape index (κ3) is 5.01. The van der Waals surface area contributed by atoms with Crippen LogP contribution in [0.3, 0.4) is 0 Å². The van der Waals surface area contributed by atoms with Crippen LogP contribution in [0.25, 0.3) is 11.4 Å². The van der Waals surface area contributed by atoms with Gasteiger partial charge in [-0.15, -0.1) is 10.2 Å². The van der Waals surface area contributed by atoms with Crippen molar-refractivity contribution in [3.63, 3.8) is 0 Å². The van der Waals surface area contributed by atoms with Gasteiger partial charge in [-0.2, -0.15) is 4.80 Å². The Hall–Kier alpha value is -3.06. The van der Waals surface area contributed by atoms with Crippen molar-refractivity contribution in [1.29, 1.82) is 0 Å². The van der Waals surface area contributed by atoms with Crippen molar-refractivity contribution < 1.29 is 4.79 Å². The molecule has 0 saturated carbocycles. The molecule has 1 unspecified atom stereocenters. The van der Waals surface area contributed by atoms with Crippen molar-refractivity contribution in [3.8, 4) is 11.4 Å². The number of aryl methyl sites for hydroxylation is 1. The number of aromatic nitrogens is 4. The molecule has 7 heteroatoms. The average Bonchev–Trinajstić information content (AvgIpc) is 3.17. The van der Waals surface area contributed by atoms with E-state index < -0.39 is 0 Å². The molecule has 0 spiro atoms. The molecular formula is C21H26N6O.